The van der Waals surface area contributed by atoms with Crippen LogP contribution in [0.3, 0.4) is 0 Å². The summed E-state index contributed by atoms with van der Waals surface area (Å²) in [5.74, 6) is 0.511. The van der Waals surface area contributed by atoms with Gasteiger partial charge >= 0.3 is 0 Å². The van der Waals surface area contributed by atoms with E-state index in [1.807, 2.05) is 13.8 Å². The number of nitrogens with one attached hydrogen (secondary N) is 3. The second-order valence-corrected chi connectivity index (χ2v) is 9.57. The number of aromatic hydroxyl groups is 1. The van der Waals surface area contributed by atoms with Crippen molar-refractivity contribution in [1.82, 2.24) is 25.3 Å². The molecule has 9 heteroatoms. The number of anilines is 1. The Kier molecular flexibility index (Phi) is 5.63. The minimum atomic E-state index is -0.650. The van der Waals surface area contributed by atoms with Gasteiger partial charge in [-0.3, -0.25) is 19.4 Å². The van der Waals surface area contributed by atoms with Crippen molar-refractivity contribution in [2.75, 3.05) is 5.32 Å². The van der Waals surface area contributed by atoms with E-state index in [0.29, 0.717) is 28.8 Å². The van der Waals surface area contributed by atoms with Crippen LogP contribution in [0.15, 0.2) is 30.5 Å². The molecule has 2 fully saturated rings. The fourth-order valence-electron chi connectivity index (χ4n) is 5.03. The third-order valence-electron chi connectivity index (χ3n) is 7.00. The molecule has 0 spiro atoms. The fourth-order valence-corrected chi connectivity index (χ4v) is 5.03. The number of aromatic nitrogens is 4. The van der Waals surface area contributed by atoms with E-state index < -0.39 is 6.04 Å². The summed E-state index contributed by atoms with van der Waals surface area (Å²) in [4.78, 5) is 26.5. The molecule has 2 aromatic heterocycles. The van der Waals surface area contributed by atoms with Crippen molar-refractivity contribution >= 4 is 17.5 Å². The van der Waals surface area contributed by atoms with Gasteiger partial charge in [-0.05, 0) is 75.5 Å². The van der Waals surface area contributed by atoms with Gasteiger partial charge in [-0.15, -0.1) is 0 Å². The number of rotatable bonds is 8. The van der Waals surface area contributed by atoms with E-state index in [0.717, 1.165) is 42.6 Å². The molecule has 0 radical (unpaired) electrons. The molecule has 2 amide bonds. The zero-order valence-electron chi connectivity index (χ0n) is 19.6. The molecule has 4 N–H and O–H groups in total. The Morgan fingerprint density at radius 1 is 1.15 bits per heavy atom. The van der Waals surface area contributed by atoms with Crippen molar-refractivity contribution in [3.63, 3.8) is 0 Å². The SMILES string of the molecule is Cc1n[nH]c(C)c1-c1ccc(NC(=O)[C@@H](NC(=O)c2ccnn2C)C(C2CC2)C2CC2)cc1O. The molecule has 0 aliphatic heterocycles. The molecule has 2 heterocycles. The summed E-state index contributed by atoms with van der Waals surface area (Å²) in [5.41, 5.74) is 4.04. The number of benzene rings is 1. The Labute approximate surface area is 197 Å². The molecule has 1 aromatic carbocycles. The molecule has 0 saturated heterocycles. The Morgan fingerprint density at radius 3 is 2.38 bits per heavy atom. The average molecular weight is 463 g/mol. The minimum Gasteiger partial charge on any atom is -0.507 e. The van der Waals surface area contributed by atoms with Crippen LogP contribution in [0.5, 0.6) is 5.75 Å². The lowest BCUT2D eigenvalue weighted by Crippen LogP contribution is -2.50. The van der Waals surface area contributed by atoms with Crippen molar-refractivity contribution in [3.05, 3.63) is 47.5 Å². The third kappa shape index (κ3) is 4.30. The molecule has 9 nitrogen and oxygen atoms in total. The van der Waals surface area contributed by atoms with Gasteiger partial charge in [0.25, 0.3) is 5.91 Å². The predicted molar refractivity (Wildman–Crippen MR) is 127 cm³/mol. The monoisotopic (exact) mass is 462 g/mol. The van der Waals surface area contributed by atoms with Crippen LogP contribution in [0.4, 0.5) is 5.69 Å². The summed E-state index contributed by atoms with van der Waals surface area (Å²) in [6, 6.07) is 6.08. The van der Waals surface area contributed by atoms with Gasteiger partial charge < -0.3 is 15.7 Å². The molecular formula is C25H30N6O3. The fraction of sp³-hybridized carbons (Fsp3) is 0.440. The van der Waals surface area contributed by atoms with E-state index in [1.165, 1.54) is 4.68 Å². The first-order valence-corrected chi connectivity index (χ1v) is 11.8. The number of hydrogen-bond acceptors (Lipinski definition) is 5. The topological polar surface area (TPSA) is 125 Å². The first kappa shape index (κ1) is 22.2. The quantitative estimate of drug-likeness (QED) is 0.409. The Hall–Kier alpha value is -3.62. The van der Waals surface area contributed by atoms with Crippen LogP contribution in [0.25, 0.3) is 11.1 Å². The molecule has 34 heavy (non-hydrogen) atoms. The van der Waals surface area contributed by atoms with E-state index >= 15 is 0 Å². The number of phenolic OH excluding ortho intramolecular Hbond substituents is 1. The van der Waals surface area contributed by atoms with Crippen molar-refractivity contribution in [2.45, 2.75) is 45.6 Å². The maximum Gasteiger partial charge on any atom is 0.270 e. The highest BCUT2D eigenvalue weighted by atomic mass is 16.3. The summed E-state index contributed by atoms with van der Waals surface area (Å²) in [7, 11) is 1.71. The van der Waals surface area contributed by atoms with Gasteiger partial charge in [0.1, 0.15) is 17.5 Å². The number of amides is 2. The molecular weight excluding hydrogens is 432 g/mol. The number of carbonyl (C=O) groups excluding carboxylic acids is 2. The van der Waals surface area contributed by atoms with E-state index in [1.54, 1.807) is 37.5 Å². The zero-order valence-corrected chi connectivity index (χ0v) is 19.6. The van der Waals surface area contributed by atoms with Crippen LogP contribution in [0.1, 0.15) is 47.6 Å². The van der Waals surface area contributed by atoms with Crippen LogP contribution >= 0.6 is 0 Å². The second-order valence-electron chi connectivity index (χ2n) is 9.57. The van der Waals surface area contributed by atoms with Crippen molar-refractivity contribution in [2.24, 2.45) is 24.8 Å². The number of hydrogen-bond donors (Lipinski definition) is 4. The summed E-state index contributed by atoms with van der Waals surface area (Å²) in [5, 5.41) is 27.8. The third-order valence-corrected chi connectivity index (χ3v) is 7.00. The van der Waals surface area contributed by atoms with E-state index in [-0.39, 0.29) is 23.5 Å². The Morgan fingerprint density at radius 2 is 1.85 bits per heavy atom. The smallest absolute Gasteiger partial charge is 0.270 e. The molecule has 178 valence electrons. The van der Waals surface area contributed by atoms with Gasteiger partial charge in [0, 0.05) is 41.8 Å². The van der Waals surface area contributed by atoms with Crippen molar-refractivity contribution < 1.29 is 14.7 Å². The van der Waals surface area contributed by atoms with Crippen molar-refractivity contribution in [1.29, 1.82) is 0 Å². The highest BCUT2D eigenvalue weighted by Gasteiger charge is 2.48. The first-order chi connectivity index (χ1) is 16.3. The van der Waals surface area contributed by atoms with Crippen LogP contribution in [0, 0.1) is 31.6 Å². The van der Waals surface area contributed by atoms with E-state index in [2.05, 4.69) is 25.9 Å². The molecule has 2 aliphatic rings. The number of H-pyrrole nitrogens is 1. The van der Waals surface area contributed by atoms with Crippen LogP contribution < -0.4 is 10.6 Å². The Balaban J connectivity index is 1.38. The van der Waals surface area contributed by atoms with E-state index in [4.69, 9.17) is 0 Å². The van der Waals surface area contributed by atoms with Gasteiger partial charge in [0.2, 0.25) is 5.91 Å². The molecule has 5 rings (SSSR count). The van der Waals surface area contributed by atoms with Gasteiger partial charge in [0.05, 0.1) is 5.69 Å². The number of aryl methyl sites for hydroxylation is 3. The maximum atomic E-state index is 13.5. The van der Waals surface area contributed by atoms with Gasteiger partial charge in [-0.2, -0.15) is 10.2 Å². The largest absolute Gasteiger partial charge is 0.507 e. The van der Waals surface area contributed by atoms with Crippen LogP contribution in [0.2, 0.25) is 0 Å². The summed E-state index contributed by atoms with van der Waals surface area (Å²) < 4.78 is 1.50. The molecule has 1 atom stereocenters. The number of carbonyl (C=O) groups is 2. The second kappa shape index (κ2) is 8.62. The summed E-state index contributed by atoms with van der Waals surface area (Å²) in [6.07, 6.45) is 5.92. The van der Waals surface area contributed by atoms with Gasteiger partial charge in [-0.1, -0.05) is 0 Å². The van der Waals surface area contributed by atoms with E-state index in [9.17, 15) is 14.7 Å². The molecule has 0 bridgehead atoms. The first-order valence-electron chi connectivity index (χ1n) is 11.8. The highest BCUT2D eigenvalue weighted by Crippen LogP contribution is 2.51. The van der Waals surface area contributed by atoms with Crippen molar-refractivity contribution in [3.8, 4) is 16.9 Å². The van der Waals surface area contributed by atoms with Gasteiger partial charge in [0.15, 0.2) is 0 Å². The average Bonchev–Trinajstić information content (AvgIpc) is 3.73. The lowest BCUT2D eigenvalue weighted by Gasteiger charge is -2.27. The standard InChI is InChI=1S/C25H30N6O3/c1-13-21(14(2)30-29-13)18-9-8-17(12-20(18)32)27-25(34)23(22(15-4-5-15)16-6-7-16)28-24(33)19-10-11-26-31(19)3/h8-12,15-16,22-23,32H,4-7H2,1-3H3,(H,27,34)(H,28,33)(H,29,30)/t23-/m0/s1. The molecule has 3 aromatic rings. The lowest BCUT2D eigenvalue weighted by atomic mass is 9.88. The zero-order chi connectivity index (χ0) is 24.0. The minimum absolute atomic E-state index is 0.0572. The molecule has 2 saturated carbocycles. The number of phenols is 1. The van der Waals surface area contributed by atoms with Crippen LogP contribution in [-0.4, -0.2) is 42.9 Å². The predicted octanol–water partition coefficient (Wildman–Crippen LogP) is 3.31. The van der Waals surface area contributed by atoms with Gasteiger partial charge in [-0.25, -0.2) is 0 Å². The maximum absolute atomic E-state index is 13.5. The van der Waals surface area contributed by atoms with Crippen LogP contribution in [-0.2, 0) is 11.8 Å². The highest BCUT2D eigenvalue weighted by molar-refractivity contribution is 6.01. The number of aromatic amines is 1. The summed E-state index contributed by atoms with van der Waals surface area (Å²) in [6.45, 7) is 3.77. The molecule has 2 aliphatic carbocycles. The normalized spacial score (nSPS) is 16.5. The molecule has 0 unspecified atom stereocenters. The summed E-state index contributed by atoms with van der Waals surface area (Å²) >= 11 is 0. The Bertz CT molecular complexity index is 1210. The lowest BCUT2D eigenvalue weighted by molar-refractivity contribution is -0.119. The number of nitrogens with zero attached hydrogens (tertiary/aromatic N) is 3.